The van der Waals surface area contributed by atoms with Gasteiger partial charge < -0.3 is 14.5 Å². The fourth-order valence-electron chi connectivity index (χ4n) is 2.98. The number of hydrogen-bond donors (Lipinski definition) is 0. The smallest absolute Gasteiger partial charge is 0.247 e. The third-order valence-electron chi connectivity index (χ3n) is 4.31. The molecule has 3 rings (SSSR count). The van der Waals surface area contributed by atoms with Crippen molar-refractivity contribution in [1.29, 1.82) is 0 Å². The summed E-state index contributed by atoms with van der Waals surface area (Å²) in [6.45, 7) is 6.64. The molecule has 9 heteroatoms. The van der Waals surface area contributed by atoms with Crippen molar-refractivity contribution in [2.75, 3.05) is 38.2 Å². The third-order valence-corrected chi connectivity index (χ3v) is 4.31. The number of nitrogens with zero attached hydrogens (tertiary/aromatic N) is 7. The van der Waals surface area contributed by atoms with Gasteiger partial charge in [-0.05, 0) is 5.92 Å². The van der Waals surface area contributed by atoms with E-state index in [0.717, 1.165) is 0 Å². The predicted molar refractivity (Wildman–Crippen MR) is 91.3 cm³/mol. The van der Waals surface area contributed by atoms with Crippen LogP contribution in [0.15, 0.2) is 24.9 Å². The average molecular weight is 345 g/mol. The number of anilines is 1. The van der Waals surface area contributed by atoms with E-state index in [1.165, 1.54) is 6.33 Å². The minimum absolute atomic E-state index is 0.0757. The van der Waals surface area contributed by atoms with E-state index in [9.17, 15) is 4.79 Å². The van der Waals surface area contributed by atoms with Crippen LogP contribution in [0.4, 0.5) is 5.95 Å². The Morgan fingerprint density at radius 1 is 1.24 bits per heavy atom. The highest BCUT2D eigenvalue weighted by atomic mass is 16.5. The molecule has 0 spiro atoms. The van der Waals surface area contributed by atoms with Gasteiger partial charge in [-0.25, -0.2) is 14.6 Å². The van der Waals surface area contributed by atoms with E-state index in [4.69, 9.17) is 4.74 Å². The van der Waals surface area contributed by atoms with Crippen LogP contribution >= 0.6 is 0 Å². The maximum atomic E-state index is 12.9. The van der Waals surface area contributed by atoms with Gasteiger partial charge in [-0.15, -0.1) is 0 Å². The lowest BCUT2D eigenvalue weighted by Crippen LogP contribution is -2.51. The number of amides is 1. The van der Waals surface area contributed by atoms with Gasteiger partial charge in [0.1, 0.15) is 18.7 Å². The Bertz CT molecular complexity index is 696. The molecule has 1 aliphatic rings. The molecule has 1 atom stereocenters. The van der Waals surface area contributed by atoms with Crippen molar-refractivity contribution in [2.45, 2.75) is 19.9 Å². The molecule has 0 aliphatic carbocycles. The highest BCUT2D eigenvalue weighted by Gasteiger charge is 2.31. The number of aromatic nitrogens is 5. The molecular weight excluding hydrogens is 322 g/mol. The van der Waals surface area contributed by atoms with E-state index in [1.54, 1.807) is 30.4 Å². The van der Waals surface area contributed by atoms with Gasteiger partial charge in [-0.1, -0.05) is 13.8 Å². The van der Waals surface area contributed by atoms with E-state index in [1.807, 2.05) is 18.7 Å². The zero-order valence-corrected chi connectivity index (χ0v) is 14.7. The molecule has 3 heterocycles. The maximum Gasteiger partial charge on any atom is 0.247 e. The van der Waals surface area contributed by atoms with Crippen molar-refractivity contribution in [1.82, 2.24) is 29.6 Å². The zero-order chi connectivity index (χ0) is 17.8. The van der Waals surface area contributed by atoms with E-state index in [0.29, 0.717) is 38.0 Å². The summed E-state index contributed by atoms with van der Waals surface area (Å²) in [7, 11) is 1.58. The summed E-state index contributed by atoms with van der Waals surface area (Å²) in [5, 5.41) is 4.15. The second-order valence-electron chi connectivity index (χ2n) is 6.28. The molecule has 1 amide bonds. The molecule has 9 nitrogen and oxygen atoms in total. The Hall–Kier alpha value is -2.71. The summed E-state index contributed by atoms with van der Waals surface area (Å²) in [5.74, 6) is 1.37. The van der Waals surface area contributed by atoms with Crippen LogP contribution in [0.2, 0.25) is 0 Å². The van der Waals surface area contributed by atoms with Gasteiger partial charge in [0, 0.05) is 38.4 Å². The largest absolute Gasteiger partial charge is 0.481 e. The number of piperazine rings is 1. The SMILES string of the molecule is COc1ccnc(N2CCN(C(=O)[C@H](C(C)C)n3cncn3)CC2)n1. The molecule has 0 aromatic carbocycles. The Labute approximate surface area is 146 Å². The average Bonchev–Trinajstić information content (AvgIpc) is 3.15. The normalized spacial score (nSPS) is 16.2. The summed E-state index contributed by atoms with van der Waals surface area (Å²) in [4.78, 5) is 29.5. The molecule has 0 radical (unpaired) electrons. The van der Waals surface area contributed by atoms with Crippen LogP contribution in [-0.4, -0.2) is 68.8 Å². The first-order valence-electron chi connectivity index (χ1n) is 8.35. The summed E-state index contributed by atoms with van der Waals surface area (Å²) in [6, 6.07) is 1.39. The van der Waals surface area contributed by atoms with E-state index in [2.05, 4.69) is 25.0 Å². The monoisotopic (exact) mass is 345 g/mol. The van der Waals surface area contributed by atoms with Gasteiger partial charge in [0.05, 0.1) is 7.11 Å². The van der Waals surface area contributed by atoms with E-state index >= 15 is 0 Å². The quantitative estimate of drug-likeness (QED) is 0.785. The number of methoxy groups -OCH3 is 1. The molecule has 0 saturated carbocycles. The predicted octanol–water partition coefficient (Wildman–Crippen LogP) is 0.623. The second-order valence-corrected chi connectivity index (χ2v) is 6.28. The lowest BCUT2D eigenvalue weighted by Gasteiger charge is -2.37. The number of carbonyl (C=O) groups excluding carboxylic acids is 1. The molecule has 25 heavy (non-hydrogen) atoms. The summed E-state index contributed by atoms with van der Waals surface area (Å²) in [5.41, 5.74) is 0. The fraction of sp³-hybridized carbons (Fsp3) is 0.562. The molecule has 1 aliphatic heterocycles. The molecule has 1 saturated heterocycles. The van der Waals surface area contributed by atoms with Gasteiger partial charge in [-0.3, -0.25) is 4.79 Å². The molecule has 0 unspecified atom stereocenters. The number of carbonyl (C=O) groups is 1. The topological polar surface area (TPSA) is 89.3 Å². The summed E-state index contributed by atoms with van der Waals surface area (Å²) < 4.78 is 6.79. The zero-order valence-electron chi connectivity index (χ0n) is 14.7. The van der Waals surface area contributed by atoms with Crippen LogP contribution in [0.25, 0.3) is 0 Å². The minimum Gasteiger partial charge on any atom is -0.481 e. The van der Waals surface area contributed by atoms with Crippen LogP contribution in [0.3, 0.4) is 0 Å². The fourth-order valence-corrected chi connectivity index (χ4v) is 2.98. The van der Waals surface area contributed by atoms with Crippen molar-refractivity contribution in [3.8, 4) is 5.88 Å². The maximum absolute atomic E-state index is 12.9. The van der Waals surface area contributed by atoms with Crippen molar-refractivity contribution in [3.05, 3.63) is 24.9 Å². The molecular formula is C16H23N7O2. The number of hydrogen-bond acceptors (Lipinski definition) is 7. The van der Waals surface area contributed by atoms with Crippen LogP contribution in [0, 0.1) is 5.92 Å². The lowest BCUT2D eigenvalue weighted by atomic mass is 10.0. The number of ether oxygens (including phenoxy) is 1. The standard InChI is InChI=1S/C16H23N7O2/c1-12(2)14(23-11-17-10-19-23)15(24)21-6-8-22(9-7-21)16-18-5-4-13(20-16)25-3/h4-5,10-12,14H,6-9H2,1-3H3/t14-/m0/s1. The molecule has 1 fully saturated rings. The van der Waals surface area contributed by atoms with Gasteiger partial charge >= 0.3 is 0 Å². The van der Waals surface area contributed by atoms with Gasteiger partial charge in [0.25, 0.3) is 0 Å². The summed E-state index contributed by atoms with van der Waals surface area (Å²) >= 11 is 0. The first kappa shape index (κ1) is 17.1. The van der Waals surface area contributed by atoms with Gasteiger partial charge in [0.2, 0.25) is 17.7 Å². The van der Waals surface area contributed by atoms with Crippen LogP contribution in [0.5, 0.6) is 5.88 Å². The minimum atomic E-state index is -0.331. The first-order valence-corrected chi connectivity index (χ1v) is 8.35. The molecule has 2 aromatic rings. The highest BCUT2D eigenvalue weighted by Crippen LogP contribution is 2.21. The highest BCUT2D eigenvalue weighted by molar-refractivity contribution is 5.80. The number of rotatable bonds is 5. The van der Waals surface area contributed by atoms with Crippen molar-refractivity contribution in [2.24, 2.45) is 5.92 Å². The molecule has 2 aromatic heterocycles. The van der Waals surface area contributed by atoms with Crippen molar-refractivity contribution >= 4 is 11.9 Å². The Balaban J connectivity index is 1.66. The Kier molecular flexibility index (Phi) is 5.11. The third kappa shape index (κ3) is 3.70. The van der Waals surface area contributed by atoms with E-state index in [-0.39, 0.29) is 17.9 Å². The van der Waals surface area contributed by atoms with Gasteiger partial charge in [-0.2, -0.15) is 10.1 Å². The first-order chi connectivity index (χ1) is 12.1. The van der Waals surface area contributed by atoms with Crippen LogP contribution in [-0.2, 0) is 4.79 Å². The van der Waals surface area contributed by atoms with E-state index < -0.39 is 0 Å². The second kappa shape index (κ2) is 7.45. The van der Waals surface area contributed by atoms with Gasteiger partial charge in [0.15, 0.2) is 0 Å². The Morgan fingerprint density at radius 2 is 2.00 bits per heavy atom. The van der Waals surface area contributed by atoms with Crippen LogP contribution in [0.1, 0.15) is 19.9 Å². The van der Waals surface area contributed by atoms with Crippen molar-refractivity contribution < 1.29 is 9.53 Å². The lowest BCUT2D eigenvalue weighted by molar-refractivity contribution is -0.136. The molecule has 134 valence electrons. The summed E-state index contributed by atoms with van der Waals surface area (Å²) in [6.07, 6.45) is 4.74. The molecule has 0 N–H and O–H groups in total. The Morgan fingerprint density at radius 3 is 2.60 bits per heavy atom. The van der Waals surface area contributed by atoms with Crippen LogP contribution < -0.4 is 9.64 Å². The van der Waals surface area contributed by atoms with Crippen molar-refractivity contribution in [3.63, 3.8) is 0 Å². The molecule has 0 bridgehead atoms.